The highest BCUT2D eigenvalue weighted by Crippen LogP contribution is 2.29. The van der Waals surface area contributed by atoms with Crippen LogP contribution >= 0.6 is 15.9 Å². The van der Waals surface area contributed by atoms with Crippen molar-refractivity contribution in [3.63, 3.8) is 0 Å². The first-order valence-corrected chi connectivity index (χ1v) is 7.08. The third kappa shape index (κ3) is 3.12. The van der Waals surface area contributed by atoms with Gasteiger partial charge in [-0.1, -0.05) is 26.7 Å². The predicted octanol–water partition coefficient (Wildman–Crippen LogP) is 4.29. The van der Waals surface area contributed by atoms with Crippen molar-refractivity contribution in [2.75, 3.05) is 0 Å². The van der Waals surface area contributed by atoms with E-state index in [4.69, 9.17) is 5.26 Å². The molecule has 94 valence electrons. The van der Waals surface area contributed by atoms with Crippen LogP contribution < -0.4 is 0 Å². The molecule has 1 aromatic rings. The fourth-order valence-electron chi connectivity index (χ4n) is 2.24. The number of benzene rings is 1. The zero-order valence-electron chi connectivity index (χ0n) is 10.9. The van der Waals surface area contributed by atoms with E-state index in [1.807, 2.05) is 6.07 Å². The van der Waals surface area contributed by atoms with Gasteiger partial charge in [-0.15, -0.1) is 0 Å². The average molecular weight is 305 g/mol. The number of hydrogen-bond acceptors (Lipinski definition) is 2. The zero-order valence-corrected chi connectivity index (χ0v) is 12.5. The Hall–Kier alpha value is -1.32. The van der Waals surface area contributed by atoms with E-state index in [1.54, 1.807) is 0 Å². The van der Waals surface area contributed by atoms with Crippen LogP contribution in [0.3, 0.4) is 0 Å². The number of halogens is 1. The lowest BCUT2D eigenvalue weighted by atomic mass is 9.90. The molecule has 0 aliphatic rings. The summed E-state index contributed by atoms with van der Waals surface area (Å²) in [6, 6.07) is 6.50. The molecule has 0 fully saturated rings. The van der Waals surface area contributed by atoms with Crippen LogP contribution in [0.15, 0.2) is 10.5 Å². The first-order chi connectivity index (χ1) is 8.69. The smallest absolute Gasteiger partial charge is 0.101 e. The molecule has 0 saturated carbocycles. The van der Waals surface area contributed by atoms with Crippen molar-refractivity contribution in [1.82, 2.24) is 0 Å². The molecule has 1 aromatic carbocycles. The van der Waals surface area contributed by atoms with Crippen molar-refractivity contribution in [3.05, 3.63) is 32.8 Å². The van der Waals surface area contributed by atoms with E-state index < -0.39 is 0 Å². The van der Waals surface area contributed by atoms with E-state index in [-0.39, 0.29) is 0 Å². The largest absolute Gasteiger partial charge is 0.198 e. The molecule has 0 amide bonds. The van der Waals surface area contributed by atoms with Gasteiger partial charge in [-0.2, -0.15) is 10.5 Å². The average Bonchev–Trinajstić information content (AvgIpc) is 2.34. The van der Waals surface area contributed by atoms with Crippen molar-refractivity contribution >= 4 is 15.9 Å². The molecule has 2 nitrogen and oxygen atoms in total. The van der Waals surface area contributed by atoms with Crippen LogP contribution in [0.1, 0.15) is 48.9 Å². The third-order valence-electron chi connectivity index (χ3n) is 2.98. The molecule has 0 unspecified atom stereocenters. The lowest BCUT2D eigenvalue weighted by Crippen LogP contribution is -2.04. The highest BCUT2D eigenvalue weighted by Gasteiger charge is 2.15. The van der Waals surface area contributed by atoms with Gasteiger partial charge in [0.1, 0.15) is 6.07 Å². The Kier molecular flexibility index (Phi) is 5.89. The minimum atomic E-state index is 0.395. The summed E-state index contributed by atoms with van der Waals surface area (Å²) in [4.78, 5) is 0. The fourth-order valence-corrected chi connectivity index (χ4v) is 2.84. The minimum absolute atomic E-state index is 0.395. The van der Waals surface area contributed by atoms with Crippen LogP contribution in [0.2, 0.25) is 0 Å². The third-order valence-corrected chi connectivity index (χ3v) is 3.61. The van der Waals surface area contributed by atoms with Crippen LogP contribution in [0, 0.1) is 22.7 Å². The van der Waals surface area contributed by atoms with Gasteiger partial charge in [0.2, 0.25) is 0 Å². The van der Waals surface area contributed by atoms with Gasteiger partial charge >= 0.3 is 0 Å². The van der Waals surface area contributed by atoms with Gasteiger partial charge in [0.25, 0.3) is 0 Å². The van der Waals surface area contributed by atoms with E-state index in [0.717, 1.165) is 41.3 Å². The van der Waals surface area contributed by atoms with Crippen LogP contribution in [0.25, 0.3) is 0 Å². The number of rotatable bonds is 5. The maximum atomic E-state index is 9.28. The van der Waals surface area contributed by atoms with Crippen LogP contribution in [-0.2, 0) is 19.3 Å². The van der Waals surface area contributed by atoms with E-state index in [1.165, 1.54) is 5.56 Å². The Morgan fingerprint density at radius 2 is 1.78 bits per heavy atom. The summed E-state index contributed by atoms with van der Waals surface area (Å²) in [6.45, 7) is 4.22. The van der Waals surface area contributed by atoms with Gasteiger partial charge in [-0.05, 0) is 51.5 Å². The number of aryl methyl sites for hydroxylation is 1. The molecule has 3 heteroatoms. The Balaban J connectivity index is 3.48. The highest BCUT2D eigenvalue weighted by atomic mass is 79.9. The van der Waals surface area contributed by atoms with Gasteiger partial charge in [-0.25, -0.2) is 0 Å². The fraction of sp³-hybridized carbons (Fsp3) is 0.467. The monoisotopic (exact) mass is 304 g/mol. The van der Waals surface area contributed by atoms with E-state index >= 15 is 0 Å². The molecule has 0 bridgehead atoms. The van der Waals surface area contributed by atoms with Crippen LogP contribution in [-0.4, -0.2) is 0 Å². The molecular weight excluding hydrogens is 288 g/mol. The van der Waals surface area contributed by atoms with E-state index in [2.05, 4.69) is 41.9 Å². The SMILES string of the molecule is CCCc1cc(Br)c(C#N)c(CCC)c1CC#N. The Labute approximate surface area is 117 Å². The van der Waals surface area contributed by atoms with Crippen molar-refractivity contribution in [2.24, 2.45) is 0 Å². The summed E-state index contributed by atoms with van der Waals surface area (Å²) in [5.74, 6) is 0. The second-order valence-corrected chi connectivity index (χ2v) is 5.15. The summed E-state index contributed by atoms with van der Waals surface area (Å²) in [5, 5.41) is 18.3. The summed E-state index contributed by atoms with van der Waals surface area (Å²) in [7, 11) is 0. The minimum Gasteiger partial charge on any atom is -0.198 e. The lowest BCUT2D eigenvalue weighted by Gasteiger charge is -2.15. The van der Waals surface area contributed by atoms with E-state index in [0.29, 0.717) is 12.0 Å². The summed E-state index contributed by atoms with van der Waals surface area (Å²) >= 11 is 3.48. The van der Waals surface area contributed by atoms with Crippen molar-refractivity contribution in [1.29, 1.82) is 10.5 Å². The number of hydrogen-bond donors (Lipinski definition) is 0. The number of nitrogens with zero attached hydrogens (tertiary/aromatic N) is 2. The predicted molar refractivity (Wildman–Crippen MR) is 76.2 cm³/mol. The zero-order chi connectivity index (χ0) is 13.5. The molecule has 0 spiro atoms. The molecule has 0 aliphatic carbocycles. The normalized spacial score (nSPS) is 9.83. The van der Waals surface area contributed by atoms with Crippen LogP contribution in [0.5, 0.6) is 0 Å². The molecule has 1 rings (SSSR count). The molecule has 0 atom stereocenters. The number of nitriles is 2. The van der Waals surface area contributed by atoms with Gasteiger partial charge < -0.3 is 0 Å². The summed E-state index contributed by atoms with van der Waals surface area (Å²) in [5.41, 5.74) is 4.02. The molecule has 0 heterocycles. The summed E-state index contributed by atoms with van der Waals surface area (Å²) < 4.78 is 0.860. The standard InChI is InChI=1S/C15H17BrN2/c1-3-5-11-9-15(16)14(10-18)13(6-4-2)12(11)7-8-17/h9H,3-7H2,1-2H3. The molecule has 0 aromatic heterocycles. The molecule has 0 radical (unpaired) electrons. The Morgan fingerprint density at radius 1 is 1.11 bits per heavy atom. The van der Waals surface area contributed by atoms with Gasteiger partial charge in [0, 0.05) is 4.47 Å². The second kappa shape index (κ2) is 7.19. The van der Waals surface area contributed by atoms with Gasteiger partial charge in [0.15, 0.2) is 0 Å². The van der Waals surface area contributed by atoms with Crippen LogP contribution in [0.4, 0.5) is 0 Å². The van der Waals surface area contributed by atoms with Gasteiger partial charge in [0.05, 0.1) is 18.1 Å². The molecule has 0 aliphatic heterocycles. The molecule has 18 heavy (non-hydrogen) atoms. The lowest BCUT2D eigenvalue weighted by molar-refractivity contribution is 0.866. The van der Waals surface area contributed by atoms with Gasteiger partial charge in [-0.3, -0.25) is 0 Å². The maximum Gasteiger partial charge on any atom is 0.101 e. The Morgan fingerprint density at radius 3 is 2.28 bits per heavy atom. The second-order valence-electron chi connectivity index (χ2n) is 4.30. The summed E-state index contributed by atoms with van der Waals surface area (Å²) in [6.07, 6.45) is 4.23. The first-order valence-electron chi connectivity index (χ1n) is 6.29. The van der Waals surface area contributed by atoms with E-state index in [9.17, 15) is 5.26 Å². The first kappa shape index (κ1) is 14.7. The van der Waals surface area contributed by atoms with Crippen molar-refractivity contribution < 1.29 is 0 Å². The molecule has 0 saturated heterocycles. The van der Waals surface area contributed by atoms with Crippen molar-refractivity contribution in [3.8, 4) is 12.1 Å². The maximum absolute atomic E-state index is 9.28. The Bertz CT molecular complexity index is 507. The topological polar surface area (TPSA) is 47.6 Å². The van der Waals surface area contributed by atoms with Crippen molar-refractivity contribution in [2.45, 2.75) is 46.0 Å². The highest BCUT2D eigenvalue weighted by molar-refractivity contribution is 9.10. The quantitative estimate of drug-likeness (QED) is 0.814. The molecular formula is C15H17BrN2. The molecule has 0 N–H and O–H groups in total.